The number of carboxylic acids is 1. The second kappa shape index (κ2) is 5.84. The van der Waals surface area contributed by atoms with E-state index in [2.05, 4.69) is 4.99 Å². The number of aryl methyl sites for hydroxylation is 1. The van der Waals surface area contributed by atoms with E-state index < -0.39 is 11.4 Å². The van der Waals surface area contributed by atoms with Crippen LogP contribution in [0.15, 0.2) is 35.3 Å². The molecule has 19 heavy (non-hydrogen) atoms. The molecule has 1 heterocycles. The van der Waals surface area contributed by atoms with E-state index in [0.29, 0.717) is 12.3 Å². The van der Waals surface area contributed by atoms with Crippen LogP contribution in [0.25, 0.3) is 0 Å². The molecule has 0 bridgehead atoms. The topological polar surface area (TPSA) is 81.9 Å². The van der Waals surface area contributed by atoms with Crippen LogP contribution in [0.3, 0.4) is 0 Å². The van der Waals surface area contributed by atoms with E-state index in [-0.39, 0.29) is 13.0 Å². The Morgan fingerprint density at radius 1 is 1.37 bits per heavy atom. The molecule has 1 aromatic carbocycles. The fourth-order valence-corrected chi connectivity index (χ4v) is 2.45. The highest BCUT2D eigenvalue weighted by Gasteiger charge is 2.42. The normalized spacial score (nSPS) is 22.1. The lowest BCUT2D eigenvalue weighted by atomic mass is 9.80. The molecule has 0 amide bonds. The summed E-state index contributed by atoms with van der Waals surface area (Å²) < 4.78 is 0. The number of aliphatic carboxylic acids is 1. The van der Waals surface area contributed by atoms with Crippen LogP contribution in [-0.4, -0.2) is 28.7 Å². The zero-order chi connectivity index (χ0) is 13.7. The van der Waals surface area contributed by atoms with Gasteiger partial charge in [0.15, 0.2) is 0 Å². The predicted molar refractivity (Wildman–Crippen MR) is 71.3 cm³/mol. The Balaban J connectivity index is 1.91. The lowest BCUT2D eigenvalue weighted by Gasteiger charge is -2.22. The summed E-state index contributed by atoms with van der Waals surface area (Å²) in [6, 6.07) is 10.0. The van der Waals surface area contributed by atoms with E-state index in [1.807, 2.05) is 35.8 Å². The first-order valence-corrected chi connectivity index (χ1v) is 6.37. The van der Waals surface area contributed by atoms with Gasteiger partial charge in [-0.25, -0.2) is 0 Å². The van der Waals surface area contributed by atoms with Gasteiger partial charge in [-0.05, 0) is 24.8 Å². The Labute approximate surface area is 111 Å². The van der Waals surface area contributed by atoms with Crippen molar-refractivity contribution < 1.29 is 15.1 Å². The van der Waals surface area contributed by atoms with Crippen LogP contribution in [0.1, 0.15) is 24.8 Å². The number of benzene rings is 1. The maximum absolute atomic E-state index is 11.4. The van der Waals surface area contributed by atoms with Crippen LogP contribution in [0.2, 0.25) is 0 Å². The zero-order valence-electron chi connectivity index (χ0n) is 10.7. The highest BCUT2D eigenvalue weighted by molar-refractivity contribution is 5.90. The van der Waals surface area contributed by atoms with Gasteiger partial charge in [-0.15, -0.1) is 0 Å². The maximum atomic E-state index is 11.4. The van der Waals surface area contributed by atoms with Crippen molar-refractivity contribution in [2.75, 3.05) is 6.54 Å². The molecule has 5 nitrogen and oxygen atoms in total. The molecule has 3 N–H and O–H groups in total. The fourth-order valence-electron chi connectivity index (χ4n) is 2.45. The summed E-state index contributed by atoms with van der Waals surface area (Å²) in [5.41, 5.74) is 2.32. The van der Waals surface area contributed by atoms with E-state index in [1.54, 1.807) is 0 Å². The third kappa shape index (κ3) is 3.12. The van der Waals surface area contributed by atoms with E-state index >= 15 is 0 Å². The highest BCUT2D eigenvalue weighted by Crippen LogP contribution is 2.34. The Kier molecular flexibility index (Phi) is 4.16. The first kappa shape index (κ1) is 13.5. The number of hydrogen-bond donors (Lipinski definition) is 3. The minimum Gasteiger partial charge on any atom is -0.481 e. The van der Waals surface area contributed by atoms with E-state index in [9.17, 15) is 9.90 Å². The van der Waals surface area contributed by atoms with Gasteiger partial charge in [0, 0.05) is 6.42 Å². The average molecular weight is 262 g/mol. The van der Waals surface area contributed by atoms with Gasteiger partial charge in [0.2, 0.25) is 0 Å². The van der Waals surface area contributed by atoms with Crippen molar-refractivity contribution in [2.45, 2.75) is 25.7 Å². The number of amidine groups is 1. The first-order valence-electron chi connectivity index (χ1n) is 6.37. The van der Waals surface area contributed by atoms with E-state index in [4.69, 9.17) is 5.21 Å². The molecular formula is C14H18N2O3. The minimum absolute atomic E-state index is 0.236. The van der Waals surface area contributed by atoms with Gasteiger partial charge in [-0.2, -0.15) is 0 Å². The van der Waals surface area contributed by atoms with Gasteiger partial charge in [0.25, 0.3) is 0 Å². The number of nitrogens with zero attached hydrogens (tertiary/aromatic N) is 1. The molecular weight excluding hydrogens is 244 g/mol. The molecule has 1 unspecified atom stereocenters. The van der Waals surface area contributed by atoms with Gasteiger partial charge >= 0.3 is 5.97 Å². The standard InChI is InChI=1S/C14H18N2O3/c17-13(18)14(9-12(16-19)15-10-14)8-4-7-11-5-2-1-3-6-11/h1-3,5-6,19H,4,7-10H2,(H,15,16)(H,17,18). The lowest BCUT2D eigenvalue weighted by molar-refractivity contribution is -0.148. The van der Waals surface area contributed by atoms with Crippen molar-refractivity contribution in [2.24, 2.45) is 10.4 Å². The van der Waals surface area contributed by atoms with Gasteiger partial charge in [-0.3, -0.25) is 20.5 Å². The molecule has 0 saturated carbocycles. The third-order valence-electron chi connectivity index (χ3n) is 3.62. The number of rotatable bonds is 5. The predicted octanol–water partition coefficient (Wildman–Crippen LogP) is 1.86. The number of aliphatic imine (C=N–C) groups is 1. The Hall–Kier alpha value is -1.88. The molecule has 0 fully saturated rings. The summed E-state index contributed by atoms with van der Waals surface area (Å²) >= 11 is 0. The van der Waals surface area contributed by atoms with Crippen molar-refractivity contribution >= 4 is 11.8 Å². The lowest BCUT2D eigenvalue weighted by Crippen LogP contribution is -2.34. The van der Waals surface area contributed by atoms with Crippen LogP contribution < -0.4 is 5.48 Å². The molecule has 0 aliphatic carbocycles. The summed E-state index contributed by atoms with van der Waals surface area (Å²) in [5, 5.41) is 18.2. The second-order valence-electron chi connectivity index (χ2n) is 4.98. The van der Waals surface area contributed by atoms with Crippen molar-refractivity contribution in [3.05, 3.63) is 35.9 Å². The molecule has 2 rings (SSSR count). The highest BCUT2D eigenvalue weighted by atomic mass is 16.5. The number of hydrogen-bond acceptors (Lipinski definition) is 4. The number of hydroxylamine groups is 1. The van der Waals surface area contributed by atoms with Gasteiger partial charge in [-0.1, -0.05) is 30.3 Å². The number of carboxylic acid groups (broad SMARTS) is 1. The average Bonchev–Trinajstić information content (AvgIpc) is 2.85. The van der Waals surface area contributed by atoms with Crippen molar-refractivity contribution in [1.29, 1.82) is 0 Å². The monoisotopic (exact) mass is 262 g/mol. The van der Waals surface area contributed by atoms with E-state index in [0.717, 1.165) is 12.8 Å². The summed E-state index contributed by atoms with van der Waals surface area (Å²) in [6.45, 7) is 0.236. The Bertz CT molecular complexity index is 473. The fraction of sp³-hybridized carbons (Fsp3) is 0.429. The molecule has 102 valence electrons. The van der Waals surface area contributed by atoms with Crippen LogP contribution >= 0.6 is 0 Å². The van der Waals surface area contributed by atoms with Crippen molar-refractivity contribution in [3.8, 4) is 0 Å². The summed E-state index contributed by atoms with van der Waals surface area (Å²) in [6.07, 6.45) is 2.49. The Morgan fingerprint density at radius 2 is 2.11 bits per heavy atom. The first-order chi connectivity index (χ1) is 9.16. The molecule has 1 aromatic rings. The zero-order valence-corrected chi connectivity index (χ0v) is 10.7. The summed E-state index contributed by atoms with van der Waals surface area (Å²) in [5.74, 6) is -0.475. The van der Waals surface area contributed by atoms with Gasteiger partial charge in [0.05, 0.1) is 12.0 Å². The van der Waals surface area contributed by atoms with Crippen LogP contribution in [-0.2, 0) is 11.2 Å². The van der Waals surface area contributed by atoms with Crippen LogP contribution in [0.4, 0.5) is 0 Å². The maximum Gasteiger partial charge on any atom is 0.311 e. The molecule has 0 radical (unpaired) electrons. The largest absolute Gasteiger partial charge is 0.481 e. The summed E-state index contributed by atoms with van der Waals surface area (Å²) in [7, 11) is 0. The minimum atomic E-state index is -0.861. The molecule has 0 aromatic heterocycles. The second-order valence-corrected chi connectivity index (χ2v) is 4.98. The quantitative estimate of drug-likeness (QED) is 0.707. The molecule has 0 saturated heterocycles. The van der Waals surface area contributed by atoms with Gasteiger partial charge in [0.1, 0.15) is 5.84 Å². The molecule has 1 atom stereocenters. The third-order valence-corrected chi connectivity index (χ3v) is 3.62. The molecule has 0 spiro atoms. The van der Waals surface area contributed by atoms with Gasteiger partial charge < -0.3 is 5.11 Å². The molecule has 1 aliphatic heterocycles. The number of carbonyl (C=O) groups is 1. The smallest absolute Gasteiger partial charge is 0.311 e. The SMILES string of the molecule is O=C(O)C1(CCCc2ccccc2)CN=C(NO)C1. The Morgan fingerprint density at radius 3 is 2.68 bits per heavy atom. The van der Waals surface area contributed by atoms with Crippen LogP contribution in [0.5, 0.6) is 0 Å². The van der Waals surface area contributed by atoms with Crippen molar-refractivity contribution in [3.63, 3.8) is 0 Å². The number of nitrogens with one attached hydrogen (secondary N) is 1. The van der Waals surface area contributed by atoms with E-state index in [1.165, 1.54) is 5.56 Å². The summed E-state index contributed by atoms with van der Waals surface area (Å²) in [4.78, 5) is 15.5. The molecule has 5 heteroatoms. The van der Waals surface area contributed by atoms with Crippen LogP contribution in [0, 0.1) is 5.41 Å². The van der Waals surface area contributed by atoms with Crippen molar-refractivity contribution in [1.82, 2.24) is 5.48 Å². The molecule has 1 aliphatic rings.